The highest BCUT2D eigenvalue weighted by Gasteiger charge is 2.26. The molecule has 96 valence electrons. The molecular formula is C11H12FN3O2S. The lowest BCUT2D eigenvalue weighted by Gasteiger charge is -2.12. The first kappa shape index (κ1) is 12.8. The van der Waals surface area contributed by atoms with E-state index >= 15 is 0 Å². The number of sulfonamides is 1. The van der Waals surface area contributed by atoms with Crippen molar-refractivity contribution >= 4 is 10.0 Å². The zero-order chi connectivity index (χ0) is 13.2. The Kier molecular flexibility index (Phi) is 3.50. The fourth-order valence-corrected chi connectivity index (χ4v) is 3.11. The molecule has 1 unspecified atom stereocenters. The number of benzene rings is 1. The molecule has 1 saturated heterocycles. The normalized spacial score (nSPS) is 19.8. The van der Waals surface area contributed by atoms with Crippen molar-refractivity contribution in [1.29, 1.82) is 5.26 Å². The van der Waals surface area contributed by atoms with E-state index < -0.39 is 15.8 Å². The SMILES string of the molecule is N#CN1CCC(NS(=O)(=O)c2ccc(F)cc2)C1. The maximum atomic E-state index is 12.7. The fraction of sp³-hybridized carbons (Fsp3) is 0.364. The van der Waals surface area contributed by atoms with Gasteiger partial charge in [-0.1, -0.05) is 0 Å². The first-order valence-corrected chi connectivity index (χ1v) is 6.92. The zero-order valence-corrected chi connectivity index (χ0v) is 10.3. The van der Waals surface area contributed by atoms with E-state index in [2.05, 4.69) is 4.72 Å². The Balaban J connectivity index is 2.09. The van der Waals surface area contributed by atoms with Crippen LogP contribution in [0, 0.1) is 17.3 Å². The van der Waals surface area contributed by atoms with E-state index in [1.807, 2.05) is 6.19 Å². The predicted octanol–water partition coefficient (Wildman–Crippen LogP) is 0.659. The van der Waals surface area contributed by atoms with E-state index in [9.17, 15) is 12.8 Å². The van der Waals surface area contributed by atoms with Crippen molar-refractivity contribution in [3.63, 3.8) is 0 Å². The van der Waals surface area contributed by atoms with Gasteiger partial charge < -0.3 is 4.90 Å². The molecule has 0 bridgehead atoms. The quantitative estimate of drug-likeness (QED) is 0.818. The summed E-state index contributed by atoms with van der Waals surface area (Å²) in [7, 11) is -3.64. The van der Waals surface area contributed by atoms with Crippen molar-refractivity contribution in [2.24, 2.45) is 0 Å². The summed E-state index contributed by atoms with van der Waals surface area (Å²) in [4.78, 5) is 1.53. The lowest BCUT2D eigenvalue weighted by atomic mass is 10.3. The molecule has 0 saturated carbocycles. The third-order valence-corrected chi connectivity index (χ3v) is 4.31. The Morgan fingerprint density at radius 2 is 2.06 bits per heavy atom. The third kappa shape index (κ3) is 2.78. The second-order valence-corrected chi connectivity index (χ2v) is 5.82. The molecule has 1 heterocycles. The summed E-state index contributed by atoms with van der Waals surface area (Å²) in [5.74, 6) is -0.481. The average molecular weight is 269 g/mol. The number of nitrogens with zero attached hydrogens (tertiary/aromatic N) is 2. The second kappa shape index (κ2) is 4.92. The number of hydrogen-bond acceptors (Lipinski definition) is 4. The molecule has 0 spiro atoms. The van der Waals surface area contributed by atoms with E-state index in [0.29, 0.717) is 19.5 Å². The molecule has 0 amide bonds. The van der Waals surface area contributed by atoms with Crippen LogP contribution in [0.15, 0.2) is 29.2 Å². The Morgan fingerprint density at radius 3 is 2.61 bits per heavy atom. The molecule has 18 heavy (non-hydrogen) atoms. The van der Waals surface area contributed by atoms with Crippen molar-refractivity contribution in [1.82, 2.24) is 9.62 Å². The smallest absolute Gasteiger partial charge is 0.240 e. The summed E-state index contributed by atoms with van der Waals surface area (Å²) in [6.45, 7) is 0.921. The number of hydrogen-bond donors (Lipinski definition) is 1. The van der Waals surface area contributed by atoms with Gasteiger partial charge in [-0.15, -0.1) is 0 Å². The van der Waals surface area contributed by atoms with Crippen molar-refractivity contribution < 1.29 is 12.8 Å². The maximum absolute atomic E-state index is 12.7. The second-order valence-electron chi connectivity index (χ2n) is 4.11. The monoisotopic (exact) mass is 269 g/mol. The number of nitrogens with one attached hydrogen (secondary N) is 1. The summed E-state index contributed by atoms with van der Waals surface area (Å²) in [6, 6.07) is 4.36. The van der Waals surface area contributed by atoms with Crippen LogP contribution >= 0.6 is 0 Å². The standard InChI is InChI=1S/C11H12FN3O2S/c12-9-1-3-11(4-2-9)18(16,17)14-10-5-6-15(7-10)8-13/h1-4,10,14H,5-7H2. The molecule has 1 aromatic carbocycles. The van der Waals surface area contributed by atoms with Crippen LogP contribution in [-0.2, 0) is 10.0 Å². The largest absolute Gasteiger partial charge is 0.309 e. The lowest BCUT2D eigenvalue weighted by Crippen LogP contribution is -2.36. The van der Waals surface area contributed by atoms with E-state index in [-0.39, 0.29) is 10.9 Å². The van der Waals surface area contributed by atoms with Crippen molar-refractivity contribution in [2.75, 3.05) is 13.1 Å². The van der Waals surface area contributed by atoms with Gasteiger partial charge in [-0.05, 0) is 30.7 Å². The van der Waals surface area contributed by atoms with Gasteiger partial charge in [0.1, 0.15) is 5.82 Å². The Hall–Kier alpha value is -1.65. The van der Waals surface area contributed by atoms with E-state index in [4.69, 9.17) is 5.26 Å². The van der Waals surface area contributed by atoms with Crippen LogP contribution in [-0.4, -0.2) is 32.4 Å². The van der Waals surface area contributed by atoms with Crippen LogP contribution in [0.2, 0.25) is 0 Å². The highest BCUT2D eigenvalue weighted by molar-refractivity contribution is 7.89. The molecule has 1 aromatic rings. The fourth-order valence-electron chi connectivity index (χ4n) is 1.85. The van der Waals surface area contributed by atoms with Crippen molar-refractivity contribution in [3.05, 3.63) is 30.1 Å². The maximum Gasteiger partial charge on any atom is 0.240 e. The van der Waals surface area contributed by atoms with Gasteiger partial charge >= 0.3 is 0 Å². The summed E-state index contributed by atoms with van der Waals surface area (Å²) >= 11 is 0. The number of likely N-dealkylation sites (tertiary alicyclic amines) is 1. The highest BCUT2D eigenvalue weighted by atomic mass is 32.2. The van der Waals surface area contributed by atoms with Crippen LogP contribution in [0.5, 0.6) is 0 Å². The van der Waals surface area contributed by atoms with Crippen LogP contribution in [0.1, 0.15) is 6.42 Å². The molecular weight excluding hydrogens is 257 g/mol. The molecule has 1 aliphatic heterocycles. The van der Waals surface area contributed by atoms with Gasteiger partial charge in [-0.2, -0.15) is 5.26 Å². The molecule has 1 fully saturated rings. The Morgan fingerprint density at radius 1 is 1.39 bits per heavy atom. The molecule has 0 aromatic heterocycles. The van der Waals surface area contributed by atoms with Gasteiger partial charge in [0.15, 0.2) is 6.19 Å². The predicted molar refractivity (Wildman–Crippen MR) is 62.3 cm³/mol. The van der Waals surface area contributed by atoms with E-state index in [1.54, 1.807) is 0 Å². The van der Waals surface area contributed by atoms with Crippen molar-refractivity contribution in [3.8, 4) is 6.19 Å². The molecule has 1 atom stereocenters. The molecule has 5 nitrogen and oxygen atoms in total. The zero-order valence-electron chi connectivity index (χ0n) is 9.51. The Labute approximate surface area is 105 Å². The third-order valence-electron chi connectivity index (χ3n) is 2.78. The van der Waals surface area contributed by atoms with Gasteiger partial charge in [0.25, 0.3) is 0 Å². The van der Waals surface area contributed by atoms with E-state index in [1.165, 1.54) is 17.0 Å². The van der Waals surface area contributed by atoms with E-state index in [0.717, 1.165) is 12.1 Å². The number of nitriles is 1. The molecule has 0 radical (unpaired) electrons. The first-order chi connectivity index (χ1) is 8.51. The minimum atomic E-state index is -3.64. The molecule has 2 rings (SSSR count). The minimum Gasteiger partial charge on any atom is -0.309 e. The summed E-state index contributed by atoms with van der Waals surface area (Å²) < 4.78 is 39.1. The van der Waals surface area contributed by atoms with Crippen LogP contribution < -0.4 is 4.72 Å². The van der Waals surface area contributed by atoms with Crippen molar-refractivity contribution in [2.45, 2.75) is 17.4 Å². The number of rotatable bonds is 3. The summed E-state index contributed by atoms with van der Waals surface area (Å²) in [5, 5.41) is 8.69. The molecule has 7 heteroatoms. The van der Waals surface area contributed by atoms with Crippen LogP contribution in [0.25, 0.3) is 0 Å². The van der Waals surface area contributed by atoms with Gasteiger partial charge in [-0.3, -0.25) is 0 Å². The minimum absolute atomic E-state index is 0.0271. The first-order valence-electron chi connectivity index (χ1n) is 5.44. The van der Waals surface area contributed by atoms with Gasteiger partial charge in [0.05, 0.1) is 4.90 Å². The summed E-state index contributed by atoms with van der Waals surface area (Å²) in [5.41, 5.74) is 0. The van der Waals surface area contributed by atoms with Crippen LogP contribution in [0.3, 0.4) is 0 Å². The van der Waals surface area contributed by atoms with Gasteiger partial charge in [-0.25, -0.2) is 17.5 Å². The molecule has 1 aliphatic rings. The highest BCUT2D eigenvalue weighted by Crippen LogP contribution is 2.14. The molecule has 1 N–H and O–H groups in total. The summed E-state index contributed by atoms with van der Waals surface area (Å²) in [6.07, 6.45) is 2.57. The Bertz CT molecular complexity index is 565. The molecule has 0 aliphatic carbocycles. The van der Waals surface area contributed by atoms with Gasteiger partial charge in [0, 0.05) is 19.1 Å². The van der Waals surface area contributed by atoms with Crippen LogP contribution in [0.4, 0.5) is 4.39 Å². The lowest BCUT2D eigenvalue weighted by molar-refractivity contribution is 0.470. The number of halogens is 1. The average Bonchev–Trinajstić information content (AvgIpc) is 2.76. The van der Waals surface area contributed by atoms with Gasteiger partial charge in [0.2, 0.25) is 10.0 Å². The topological polar surface area (TPSA) is 73.2 Å².